The third-order valence-electron chi connectivity index (χ3n) is 4.95. The Morgan fingerprint density at radius 1 is 1.21 bits per heavy atom. The number of ether oxygens (including phenoxy) is 1. The number of nitrogens with one attached hydrogen (secondary N) is 1. The molecule has 2 heterocycles. The lowest BCUT2D eigenvalue weighted by atomic mass is 9.85. The van der Waals surface area contributed by atoms with Gasteiger partial charge in [-0.2, -0.15) is 0 Å². The molecule has 1 aliphatic heterocycles. The third kappa shape index (κ3) is 3.77. The normalized spacial score (nSPS) is 23.2. The number of hydrogen-bond donors (Lipinski definition) is 1. The van der Waals surface area contributed by atoms with E-state index in [2.05, 4.69) is 10.3 Å². The van der Waals surface area contributed by atoms with Gasteiger partial charge in [0.1, 0.15) is 6.04 Å². The average Bonchev–Trinajstić information content (AvgIpc) is 2.93. The number of rotatable bonds is 5. The summed E-state index contributed by atoms with van der Waals surface area (Å²) in [6.07, 6.45) is 5.03. The molecule has 1 aliphatic carbocycles. The maximum atomic E-state index is 12.6. The minimum Gasteiger partial charge on any atom is -0.451 e. The van der Waals surface area contributed by atoms with Crippen LogP contribution >= 0.6 is 11.6 Å². The third-order valence-corrected chi connectivity index (χ3v) is 5.25. The second-order valence-electron chi connectivity index (χ2n) is 6.79. The van der Waals surface area contributed by atoms with Gasteiger partial charge in [-0.3, -0.25) is 19.3 Å². The standard InChI is InChI=1S/C19H20ClN3O5/c1-10(23-17(25)12-6-3-4-7-13(12)18(23)26)19(27)28-11(2)16(24)22-14-8-5-9-21-15(14)20/h3-5,8-13H,6-7H2,1-2H3,(H,22,24)/t10-,11+,12-,13+/m0/s1. The van der Waals surface area contributed by atoms with E-state index >= 15 is 0 Å². The highest BCUT2D eigenvalue weighted by molar-refractivity contribution is 6.32. The van der Waals surface area contributed by atoms with Crippen LogP contribution in [0.3, 0.4) is 0 Å². The molecule has 3 amide bonds. The SMILES string of the molecule is C[C@@H](OC(=O)[C@H](C)N1C(=O)[C@H]2CC=CC[C@H]2C1=O)C(=O)Nc1cccnc1Cl. The first-order chi connectivity index (χ1) is 13.3. The largest absolute Gasteiger partial charge is 0.451 e. The molecule has 0 bridgehead atoms. The fourth-order valence-corrected chi connectivity index (χ4v) is 3.52. The Labute approximate surface area is 166 Å². The van der Waals surface area contributed by atoms with Gasteiger partial charge < -0.3 is 10.1 Å². The van der Waals surface area contributed by atoms with Gasteiger partial charge in [-0.25, -0.2) is 9.78 Å². The van der Waals surface area contributed by atoms with Crippen LogP contribution in [0.4, 0.5) is 5.69 Å². The van der Waals surface area contributed by atoms with Crippen molar-refractivity contribution in [3.63, 3.8) is 0 Å². The Bertz CT molecular complexity index is 830. The molecule has 1 N–H and O–H groups in total. The van der Waals surface area contributed by atoms with Gasteiger partial charge in [-0.1, -0.05) is 23.8 Å². The van der Waals surface area contributed by atoms with Gasteiger partial charge in [-0.15, -0.1) is 0 Å². The Balaban J connectivity index is 1.62. The van der Waals surface area contributed by atoms with E-state index in [1.165, 1.54) is 20.0 Å². The number of allylic oxidation sites excluding steroid dienone is 2. The Morgan fingerprint density at radius 2 is 1.82 bits per heavy atom. The van der Waals surface area contributed by atoms with Gasteiger partial charge in [0.2, 0.25) is 11.8 Å². The minimum absolute atomic E-state index is 0.104. The molecule has 0 aromatic carbocycles. The van der Waals surface area contributed by atoms with Crippen molar-refractivity contribution in [2.75, 3.05) is 5.32 Å². The number of halogens is 1. The number of nitrogens with zero attached hydrogens (tertiary/aromatic N) is 2. The highest BCUT2D eigenvalue weighted by Crippen LogP contribution is 2.36. The number of fused-ring (bicyclic) bond motifs is 1. The number of likely N-dealkylation sites (tertiary alicyclic amines) is 1. The second-order valence-corrected chi connectivity index (χ2v) is 7.15. The maximum absolute atomic E-state index is 12.6. The van der Waals surface area contributed by atoms with Gasteiger partial charge >= 0.3 is 5.97 Å². The summed E-state index contributed by atoms with van der Waals surface area (Å²) in [4.78, 5) is 54.6. The predicted molar refractivity (Wildman–Crippen MR) is 100 cm³/mol. The van der Waals surface area contributed by atoms with Crippen molar-refractivity contribution < 1.29 is 23.9 Å². The average molecular weight is 406 g/mol. The first-order valence-electron chi connectivity index (χ1n) is 8.95. The van der Waals surface area contributed by atoms with E-state index in [1.807, 2.05) is 12.2 Å². The number of anilines is 1. The molecule has 9 heteroatoms. The lowest BCUT2D eigenvalue weighted by Crippen LogP contribution is -2.46. The van der Waals surface area contributed by atoms with Crippen LogP contribution in [0.2, 0.25) is 5.15 Å². The van der Waals surface area contributed by atoms with Gasteiger partial charge in [0.25, 0.3) is 5.91 Å². The first-order valence-corrected chi connectivity index (χ1v) is 9.32. The van der Waals surface area contributed by atoms with Crippen LogP contribution in [0.5, 0.6) is 0 Å². The number of hydrogen-bond acceptors (Lipinski definition) is 6. The van der Waals surface area contributed by atoms with Crippen molar-refractivity contribution in [3.8, 4) is 0 Å². The van der Waals surface area contributed by atoms with Crippen LogP contribution in [0.15, 0.2) is 30.5 Å². The fourth-order valence-electron chi connectivity index (χ4n) is 3.35. The number of amides is 3. The van der Waals surface area contributed by atoms with Gasteiger partial charge in [0, 0.05) is 6.20 Å². The summed E-state index contributed by atoms with van der Waals surface area (Å²) in [5.41, 5.74) is 0.284. The van der Waals surface area contributed by atoms with Crippen molar-refractivity contribution in [1.29, 1.82) is 0 Å². The van der Waals surface area contributed by atoms with Crippen molar-refractivity contribution in [2.24, 2.45) is 11.8 Å². The van der Waals surface area contributed by atoms with E-state index in [1.54, 1.807) is 12.1 Å². The van der Waals surface area contributed by atoms with Crippen molar-refractivity contribution >= 4 is 41.0 Å². The fraction of sp³-hybridized carbons (Fsp3) is 0.421. The van der Waals surface area contributed by atoms with Crippen LogP contribution < -0.4 is 5.32 Å². The number of aromatic nitrogens is 1. The quantitative estimate of drug-likeness (QED) is 0.347. The van der Waals surface area contributed by atoms with Crippen LogP contribution in [-0.2, 0) is 23.9 Å². The smallest absolute Gasteiger partial charge is 0.329 e. The lowest BCUT2D eigenvalue weighted by Gasteiger charge is -2.23. The van der Waals surface area contributed by atoms with E-state index in [-0.39, 0.29) is 22.7 Å². The van der Waals surface area contributed by atoms with Crippen LogP contribution in [-0.4, -0.2) is 45.7 Å². The summed E-state index contributed by atoms with van der Waals surface area (Å²) in [5.74, 6) is -3.03. The first kappa shape index (κ1) is 20.0. The molecule has 0 saturated carbocycles. The number of esters is 1. The number of carbonyl (C=O) groups is 4. The summed E-state index contributed by atoms with van der Waals surface area (Å²) in [5, 5.41) is 2.62. The van der Waals surface area contributed by atoms with Crippen LogP contribution in [0.1, 0.15) is 26.7 Å². The summed E-state index contributed by atoms with van der Waals surface area (Å²) >= 11 is 5.89. The van der Waals surface area contributed by atoms with Gasteiger partial charge in [0.05, 0.1) is 17.5 Å². The van der Waals surface area contributed by atoms with E-state index in [0.717, 1.165) is 4.90 Å². The van der Waals surface area contributed by atoms with Crippen LogP contribution in [0.25, 0.3) is 0 Å². The minimum atomic E-state index is -1.15. The molecular formula is C19H20ClN3O5. The molecule has 148 valence electrons. The number of carbonyl (C=O) groups excluding carboxylic acids is 4. The molecule has 1 saturated heterocycles. The molecule has 8 nitrogen and oxygen atoms in total. The van der Waals surface area contributed by atoms with Crippen molar-refractivity contribution in [1.82, 2.24) is 9.88 Å². The van der Waals surface area contributed by atoms with Crippen molar-refractivity contribution in [2.45, 2.75) is 38.8 Å². The van der Waals surface area contributed by atoms with Gasteiger partial charge in [-0.05, 0) is 38.8 Å². The molecule has 28 heavy (non-hydrogen) atoms. The molecular weight excluding hydrogens is 386 g/mol. The topological polar surface area (TPSA) is 106 Å². The molecule has 0 unspecified atom stereocenters. The summed E-state index contributed by atoms with van der Waals surface area (Å²) < 4.78 is 5.17. The Hall–Kier alpha value is -2.74. The molecule has 0 spiro atoms. The van der Waals surface area contributed by atoms with Crippen LogP contribution in [0, 0.1) is 11.8 Å². The number of pyridine rings is 1. The summed E-state index contributed by atoms with van der Waals surface area (Å²) in [7, 11) is 0. The maximum Gasteiger partial charge on any atom is 0.329 e. The molecule has 1 aromatic heterocycles. The molecule has 0 radical (unpaired) electrons. The molecule has 1 aromatic rings. The summed E-state index contributed by atoms with van der Waals surface area (Å²) in [6, 6.07) is 2.05. The second kappa shape index (κ2) is 8.10. The molecule has 2 aliphatic rings. The van der Waals surface area contributed by atoms with E-state index in [9.17, 15) is 19.2 Å². The zero-order valence-corrected chi connectivity index (χ0v) is 16.2. The molecule has 4 atom stereocenters. The molecule has 3 rings (SSSR count). The summed E-state index contributed by atoms with van der Waals surface area (Å²) in [6.45, 7) is 2.81. The highest BCUT2D eigenvalue weighted by Gasteiger charge is 2.50. The van der Waals surface area contributed by atoms with E-state index < -0.39 is 35.9 Å². The van der Waals surface area contributed by atoms with E-state index in [0.29, 0.717) is 12.8 Å². The zero-order valence-electron chi connectivity index (χ0n) is 15.4. The Kier molecular flexibility index (Phi) is 5.79. The van der Waals surface area contributed by atoms with Crippen molar-refractivity contribution in [3.05, 3.63) is 35.6 Å². The Morgan fingerprint density at radius 3 is 2.39 bits per heavy atom. The van der Waals surface area contributed by atoms with E-state index in [4.69, 9.17) is 16.3 Å². The zero-order chi connectivity index (χ0) is 20.4. The molecule has 1 fully saturated rings. The predicted octanol–water partition coefficient (Wildman–Crippen LogP) is 1.94. The van der Waals surface area contributed by atoms with Gasteiger partial charge in [0.15, 0.2) is 11.3 Å². The number of imide groups is 1. The lowest BCUT2D eigenvalue weighted by molar-refractivity contribution is -0.163. The monoisotopic (exact) mass is 405 g/mol. The highest BCUT2D eigenvalue weighted by atomic mass is 35.5.